The summed E-state index contributed by atoms with van der Waals surface area (Å²) in [6, 6.07) is 7.93. The van der Waals surface area contributed by atoms with E-state index < -0.39 is 0 Å². The summed E-state index contributed by atoms with van der Waals surface area (Å²) in [5.41, 5.74) is 10.7. The van der Waals surface area contributed by atoms with E-state index >= 15 is 0 Å². The van der Waals surface area contributed by atoms with Crippen molar-refractivity contribution in [3.8, 4) is 0 Å². The number of thiazole rings is 1. The minimum atomic E-state index is 0.536. The topological polar surface area (TPSA) is 56.7 Å². The molecule has 2 heterocycles. The van der Waals surface area contributed by atoms with Crippen molar-refractivity contribution in [1.29, 1.82) is 0 Å². The van der Waals surface area contributed by atoms with Gasteiger partial charge in [0.1, 0.15) is 0 Å². The second kappa shape index (κ2) is 3.61. The van der Waals surface area contributed by atoms with E-state index in [9.17, 15) is 0 Å². The summed E-state index contributed by atoms with van der Waals surface area (Å²) in [6.07, 6.45) is 0. The van der Waals surface area contributed by atoms with Gasteiger partial charge in [-0.25, -0.2) is 9.97 Å². The summed E-state index contributed by atoms with van der Waals surface area (Å²) < 4.78 is 1.98. The zero-order chi connectivity index (χ0) is 11.0. The third-order valence-electron chi connectivity index (χ3n) is 2.49. The van der Waals surface area contributed by atoms with Gasteiger partial charge in [0.05, 0.1) is 28.8 Å². The Morgan fingerprint density at radius 3 is 3.00 bits per heavy atom. The quantitative estimate of drug-likeness (QED) is 0.733. The van der Waals surface area contributed by atoms with Crippen LogP contribution in [-0.4, -0.2) is 14.5 Å². The van der Waals surface area contributed by atoms with Crippen LogP contribution in [-0.2, 0) is 6.54 Å². The van der Waals surface area contributed by atoms with Crippen LogP contribution < -0.4 is 5.73 Å². The van der Waals surface area contributed by atoms with E-state index in [1.165, 1.54) is 0 Å². The Bertz CT molecular complexity index is 612. The van der Waals surface area contributed by atoms with E-state index in [0.29, 0.717) is 12.5 Å². The Hall–Kier alpha value is -1.88. The number of fused-ring (bicyclic) bond motifs is 1. The van der Waals surface area contributed by atoms with Gasteiger partial charge in [-0.1, -0.05) is 12.1 Å². The van der Waals surface area contributed by atoms with Crippen LogP contribution in [0.4, 0.5) is 5.95 Å². The number of aromatic nitrogens is 3. The zero-order valence-corrected chi connectivity index (χ0v) is 9.31. The predicted octanol–water partition coefficient (Wildman–Crippen LogP) is 2.12. The molecule has 3 aromatic rings. The molecule has 0 fully saturated rings. The first kappa shape index (κ1) is 9.35. The Kier molecular flexibility index (Phi) is 2.11. The highest BCUT2D eigenvalue weighted by molar-refractivity contribution is 7.07. The third-order valence-corrected chi connectivity index (χ3v) is 3.12. The number of nitrogen functional groups attached to an aromatic ring is 1. The maximum Gasteiger partial charge on any atom is 0.201 e. The van der Waals surface area contributed by atoms with Crippen LogP contribution in [0.25, 0.3) is 11.0 Å². The molecule has 0 aliphatic rings. The van der Waals surface area contributed by atoms with Crippen LogP contribution in [0.2, 0.25) is 0 Å². The maximum absolute atomic E-state index is 5.90. The monoisotopic (exact) mass is 230 g/mol. The molecule has 4 nitrogen and oxygen atoms in total. The van der Waals surface area contributed by atoms with Gasteiger partial charge in [-0.2, -0.15) is 0 Å². The molecule has 2 aromatic heterocycles. The molecule has 3 rings (SSSR count). The van der Waals surface area contributed by atoms with Crippen molar-refractivity contribution in [2.24, 2.45) is 0 Å². The standard InChI is InChI=1S/C11H10N4S/c12-11-14-9-3-1-2-4-10(9)15(11)5-8-6-16-7-13-8/h1-4,6-7H,5H2,(H2,12,14). The fraction of sp³-hybridized carbons (Fsp3) is 0.0909. The largest absolute Gasteiger partial charge is 0.369 e. The van der Waals surface area contributed by atoms with E-state index in [0.717, 1.165) is 16.7 Å². The first-order chi connectivity index (χ1) is 7.84. The molecule has 0 amide bonds. The van der Waals surface area contributed by atoms with Crippen molar-refractivity contribution in [3.63, 3.8) is 0 Å². The average Bonchev–Trinajstić information content (AvgIpc) is 2.89. The number of rotatable bonds is 2. The molecule has 0 aliphatic heterocycles. The Morgan fingerprint density at radius 2 is 2.19 bits per heavy atom. The molecule has 2 N–H and O–H groups in total. The van der Waals surface area contributed by atoms with Gasteiger partial charge >= 0.3 is 0 Å². The van der Waals surface area contributed by atoms with Crippen LogP contribution >= 0.6 is 11.3 Å². The molecule has 0 aliphatic carbocycles. The van der Waals surface area contributed by atoms with Crippen molar-refractivity contribution in [1.82, 2.24) is 14.5 Å². The highest BCUT2D eigenvalue weighted by atomic mass is 32.1. The number of benzene rings is 1. The van der Waals surface area contributed by atoms with Crippen LogP contribution in [0.15, 0.2) is 35.2 Å². The van der Waals surface area contributed by atoms with E-state index in [1.54, 1.807) is 11.3 Å². The molecule has 0 atom stereocenters. The average molecular weight is 230 g/mol. The van der Waals surface area contributed by atoms with Gasteiger partial charge in [0.2, 0.25) is 5.95 Å². The number of nitrogens with zero attached hydrogens (tertiary/aromatic N) is 3. The van der Waals surface area contributed by atoms with Crippen molar-refractivity contribution in [2.75, 3.05) is 5.73 Å². The van der Waals surface area contributed by atoms with Crippen molar-refractivity contribution >= 4 is 28.3 Å². The van der Waals surface area contributed by atoms with Gasteiger partial charge in [0.25, 0.3) is 0 Å². The lowest BCUT2D eigenvalue weighted by Gasteiger charge is -2.03. The van der Waals surface area contributed by atoms with Gasteiger partial charge < -0.3 is 10.3 Å². The summed E-state index contributed by atoms with van der Waals surface area (Å²) in [7, 11) is 0. The number of nitrogens with two attached hydrogens (primary N) is 1. The van der Waals surface area contributed by atoms with E-state index in [2.05, 4.69) is 9.97 Å². The first-order valence-corrected chi connectivity index (χ1v) is 5.86. The third kappa shape index (κ3) is 1.45. The van der Waals surface area contributed by atoms with Crippen molar-refractivity contribution in [3.05, 3.63) is 40.8 Å². The second-order valence-corrected chi connectivity index (χ2v) is 4.24. The number of hydrogen-bond acceptors (Lipinski definition) is 4. The molecule has 1 aromatic carbocycles. The lowest BCUT2D eigenvalue weighted by atomic mass is 10.3. The Morgan fingerprint density at radius 1 is 1.31 bits per heavy atom. The molecule has 0 bridgehead atoms. The summed E-state index contributed by atoms with van der Waals surface area (Å²) >= 11 is 1.59. The maximum atomic E-state index is 5.90. The van der Waals surface area contributed by atoms with Gasteiger partial charge in [-0.05, 0) is 12.1 Å². The van der Waals surface area contributed by atoms with Crippen molar-refractivity contribution < 1.29 is 0 Å². The zero-order valence-electron chi connectivity index (χ0n) is 8.50. The first-order valence-electron chi connectivity index (χ1n) is 4.92. The molecular formula is C11H10N4S. The van der Waals surface area contributed by atoms with Gasteiger partial charge in [0.15, 0.2) is 0 Å². The van der Waals surface area contributed by atoms with E-state index in [1.807, 2.05) is 39.7 Å². The smallest absolute Gasteiger partial charge is 0.201 e. The molecule has 5 heteroatoms. The molecule has 80 valence electrons. The normalized spacial score (nSPS) is 11.0. The van der Waals surface area contributed by atoms with E-state index in [4.69, 9.17) is 5.73 Å². The SMILES string of the molecule is Nc1nc2ccccc2n1Cc1cscn1. The molecule has 0 saturated heterocycles. The molecule has 0 saturated carbocycles. The fourth-order valence-electron chi connectivity index (χ4n) is 1.74. The van der Waals surface area contributed by atoms with Crippen LogP contribution in [0, 0.1) is 0 Å². The lowest BCUT2D eigenvalue weighted by molar-refractivity contribution is 0.816. The lowest BCUT2D eigenvalue weighted by Crippen LogP contribution is -2.04. The predicted molar refractivity (Wildman–Crippen MR) is 65.4 cm³/mol. The fourth-order valence-corrected chi connectivity index (χ4v) is 2.29. The van der Waals surface area contributed by atoms with Crippen LogP contribution in [0.3, 0.4) is 0 Å². The minimum absolute atomic E-state index is 0.536. The molecule has 0 radical (unpaired) electrons. The number of anilines is 1. The highest BCUT2D eigenvalue weighted by Crippen LogP contribution is 2.18. The number of para-hydroxylation sites is 2. The molecule has 0 unspecified atom stereocenters. The molecule has 16 heavy (non-hydrogen) atoms. The minimum Gasteiger partial charge on any atom is -0.369 e. The second-order valence-electron chi connectivity index (χ2n) is 3.52. The molecular weight excluding hydrogens is 220 g/mol. The Balaban J connectivity index is 2.12. The highest BCUT2D eigenvalue weighted by Gasteiger charge is 2.08. The summed E-state index contributed by atoms with van der Waals surface area (Å²) in [5, 5.41) is 2.02. The summed E-state index contributed by atoms with van der Waals surface area (Å²) in [5.74, 6) is 0.536. The molecule has 0 spiro atoms. The van der Waals surface area contributed by atoms with Gasteiger partial charge in [0, 0.05) is 5.38 Å². The van der Waals surface area contributed by atoms with Gasteiger partial charge in [-0.3, -0.25) is 0 Å². The number of imidazole rings is 1. The van der Waals surface area contributed by atoms with Crippen LogP contribution in [0.5, 0.6) is 0 Å². The summed E-state index contributed by atoms with van der Waals surface area (Å²) in [4.78, 5) is 8.56. The van der Waals surface area contributed by atoms with Crippen molar-refractivity contribution in [2.45, 2.75) is 6.54 Å². The summed E-state index contributed by atoms with van der Waals surface area (Å²) in [6.45, 7) is 0.676. The van der Waals surface area contributed by atoms with E-state index in [-0.39, 0.29) is 0 Å². The number of hydrogen-bond donors (Lipinski definition) is 1. The Labute approximate surface area is 96.4 Å². The van der Waals surface area contributed by atoms with Gasteiger partial charge in [-0.15, -0.1) is 11.3 Å². The van der Waals surface area contributed by atoms with Crippen LogP contribution in [0.1, 0.15) is 5.69 Å².